The molecular weight excluding hydrogens is 184 g/mol. The van der Waals surface area contributed by atoms with Gasteiger partial charge in [0.05, 0.1) is 0 Å². The van der Waals surface area contributed by atoms with Crippen molar-refractivity contribution < 1.29 is 0 Å². The van der Waals surface area contributed by atoms with E-state index in [1.165, 1.54) is 17.7 Å². The molecule has 1 aromatic rings. The molecule has 2 heteroatoms. The first-order valence-corrected chi connectivity index (χ1v) is 5.63. The summed E-state index contributed by atoms with van der Waals surface area (Å²) in [4.78, 5) is 2.12. The average Bonchev–Trinajstić information content (AvgIpc) is 2.26. The quantitative estimate of drug-likeness (QED) is 0.796. The van der Waals surface area contributed by atoms with E-state index < -0.39 is 0 Å². The standard InChI is InChI=1S/C13H22N2/c1-5-11(2)14-10-12-6-8-13(9-7-12)15(3)4/h6-9,11,14H,5,10H2,1-4H3. The Bertz CT molecular complexity index is 277. The Morgan fingerprint density at radius 2 is 1.80 bits per heavy atom. The van der Waals surface area contributed by atoms with E-state index in [4.69, 9.17) is 0 Å². The second-order valence-electron chi connectivity index (χ2n) is 4.25. The molecule has 0 aliphatic rings. The fourth-order valence-electron chi connectivity index (χ4n) is 1.35. The highest BCUT2D eigenvalue weighted by Crippen LogP contribution is 2.12. The van der Waals surface area contributed by atoms with Crippen molar-refractivity contribution in [1.82, 2.24) is 5.32 Å². The second kappa shape index (κ2) is 5.76. The smallest absolute Gasteiger partial charge is 0.0361 e. The van der Waals surface area contributed by atoms with Gasteiger partial charge in [-0.1, -0.05) is 19.1 Å². The Morgan fingerprint density at radius 3 is 2.27 bits per heavy atom. The number of benzene rings is 1. The highest BCUT2D eigenvalue weighted by molar-refractivity contribution is 5.45. The topological polar surface area (TPSA) is 15.3 Å². The minimum Gasteiger partial charge on any atom is -0.378 e. The molecule has 0 saturated carbocycles. The first kappa shape index (κ1) is 12.1. The third-order valence-corrected chi connectivity index (χ3v) is 2.72. The molecule has 0 aliphatic heterocycles. The van der Waals surface area contributed by atoms with E-state index in [1.54, 1.807) is 0 Å². The Morgan fingerprint density at radius 1 is 1.20 bits per heavy atom. The van der Waals surface area contributed by atoms with Gasteiger partial charge < -0.3 is 10.2 Å². The maximum atomic E-state index is 3.48. The van der Waals surface area contributed by atoms with Gasteiger partial charge in [-0.2, -0.15) is 0 Å². The van der Waals surface area contributed by atoms with E-state index in [0.717, 1.165) is 6.54 Å². The molecule has 2 nitrogen and oxygen atoms in total. The molecule has 1 rings (SSSR count). The average molecular weight is 206 g/mol. The molecule has 0 bridgehead atoms. The van der Waals surface area contributed by atoms with Gasteiger partial charge in [0.2, 0.25) is 0 Å². The summed E-state index contributed by atoms with van der Waals surface area (Å²) in [5.74, 6) is 0. The minimum atomic E-state index is 0.596. The molecule has 0 fully saturated rings. The molecule has 0 saturated heterocycles. The van der Waals surface area contributed by atoms with E-state index in [-0.39, 0.29) is 0 Å². The predicted molar refractivity (Wildman–Crippen MR) is 67.4 cm³/mol. The summed E-state index contributed by atoms with van der Waals surface area (Å²) >= 11 is 0. The first-order valence-electron chi connectivity index (χ1n) is 5.63. The molecular formula is C13H22N2. The first-order chi connectivity index (χ1) is 7.13. The number of rotatable bonds is 5. The lowest BCUT2D eigenvalue weighted by atomic mass is 10.2. The lowest BCUT2D eigenvalue weighted by molar-refractivity contribution is 0.534. The van der Waals surface area contributed by atoms with Gasteiger partial charge in [0.25, 0.3) is 0 Å². The number of hydrogen-bond acceptors (Lipinski definition) is 2. The van der Waals surface area contributed by atoms with Gasteiger partial charge in [-0.3, -0.25) is 0 Å². The zero-order valence-electron chi connectivity index (χ0n) is 10.2. The fourth-order valence-corrected chi connectivity index (χ4v) is 1.35. The van der Waals surface area contributed by atoms with E-state index in [0.29, 0.717) is 6.04 Å². The van der Waals surface area contributed by atoms with Crippen LogP contribution in [0.1, 0.15) is 25.8 Å². The van der Waals surface area contributed by atoms with Crippen LogP contribution in [0.25, 0.3) is 0 Å². The maximum Gasteiger partial charge on any atom is 0.0361 e. The van der Waals surface area contributed by atoms with Crippen LogP contribution >= 0.6 is 0 Å². The highest BCUT2D eigenvalue weighted by Gasteiger charge is 1.99. The summed E-state index contributed by atoms with van der Waals surface area (Å²) in [6.07, 6.45) is 1.18. The van der Waals surface area contributed by atoms with Crippen molar-refractivity contribution in [2.75, 3.05) is 19.0 Å². The van der Waals surface area contributed by atoms with Crippen molar-refractivity contribution in [3.63, 3.8) is 0 Å². The molecule has 0 amide bonds. The Labute approximate surface area is 93.3 Å². The number of anilines is 1. The monoisotopic (exact) mass is 206 g/mol. The van der Waals surface area contributed by atoms with Crippen molar-refractivity contribution in [2.24, 2.45) is 0 Å². The van der Waals surface area contributed by atoms with Gasteiger partial charge >= 0.3 is 0 Å². The van der Waals surface area contributed by atoms with Crippen LogP contribution in [0.4, 0.5) is 5.69 Å². The highest BCUT2D eigenvalue weighted by atomic mass is 15.1. The second-order valence-corrected chi connectivity index (χ2v) is 4.25. The van der Waals surface area contributed by atoms with Crippen molar-refractivity contribution in [3.05, 3.63) is 29.8 Å². The third kappa shape index (κ3) is 3.92. The van der Waals surface area contributed by atoms with Crippen LogP contribution in [0.3, 0.4) is 0 Å². The zero-order chi connectivity index (χ0) is 11.3. The van der Waals surface area contributed by atoms with E-state index in [2.05, 4.69) is 62.4 Å². The lowest BCUT2D eigenvalue weighted by Gasteiger charge is -2.14. The van der Waals surface area contributed by atoms with Crippen LogP contribution in [0.15, 0.2) is 24.3 Å². The number of nitrogens with zero attached hydrogens (tertiary/aromatic N) is 1. The molecule has 15 heavy (non-hydrogen) atoms. The van der Waals surface area contributed by atoms with Crippen LogP contribution in [-0.2, 0) is 6.54 Å². The van der Waals surface area contributed by atoms with E-state index >= 15 is 0 Å². The van der Waals surface area contributed by atoms with E-state index in [1.807, 2.05) is 0 Å². The van der Waals surface area contributed by atoms with Gasteiger partial charge in [-0.05, 0) is 31.0 Å². The van der Waals surface area contributed by atoms with Crippen molar-refractivity contribution in [2.45, 2.75) is 32.9 Å². The summed E-state index contributed by atoms with van der Waals surface area (Å²) < 4.78 is 0. The molecule has 1 N–H and O–H groups in total. The zero-order valence-corrected chi connectivity index (χ0v) is 10.2. The van der Waals surface area contributed by atoms with Crippen LogP contribution in [0.2, 0.25) is 0 Å². The Balaban J connectivity index is 2.50. The summed E-state index contributed by atoms with van der Waals surface area (Å²) in [5, 5.41) is 3.48. The largest absolute Gasteiger partial charge is 0.378 e. The summed E-state index contributed by atoms with van der Waals surface area (Å²) in [7, 11) is 4.12. The molecule has 84 valence electrons. The molecule has 1 aromatic carbocycles. The summed E-state index contributed by atoms with van der Waals surface area (Å²) in [6, 6.07) is 9.29. The predicted octanol–water partition coefficient (Wildman–Crippen LogP) is 2.64. The van der Waals surface area contributed by atoms with Gasteiger partial charge in [-0.15, -0.1) is 0 Å². The van der Waals surface area contributed by atoms with Gasteiger partial charge in [0.1, 0.15) is 0 Å². The molecule has 1 unspecified atom stereocenters. The summed E-state index contributed by atoms with van der Waals surface area (Å²) in [5.41, 5.74) is 2.60. The maximum absolute atomic E-state index is 3.48. The minimum absolute atomic E-state index is 0.596. The van der Waals surface area contributed by atoms with Crippen LogP contribution in [0, 0.1) is 0 Å². The number of nitrogens with one attached hydrogen (secondary N) is 1. The molecule has 0 aromatic heterocycles. The molecule has 0 heterocycles. The van der Waals surface area contributed by atoms with Gasteiger partial charge in [-0.25, -0.2) is 0 Å². The SMILES string of the molecule is CCC(C)NCc1ccc(N(C)C)cc1. The van der Waals surface area contributed by atoms with Crippen molar-refractivity contribution in [1.29, 1.82) is 0 Å². The fraction of sp³-hybridized carbons (Fsp3) is 0.538. The van der Waals surface area contributed by atoms with Crippen LogP contribution < -0.4 is 10.2 Å². The number of hydrogen-bond donors (Lipinski definition) is 1. The van der Waals surface area contributed by atoms with Gasteiger partial charge in [0.15, 0.2) is 0 Å². The summed E-state index contributed by atoms with van der Waals surface area (Å²) in [6.45, 7) is 5.38. The Kier molecular flexibility index (Phi) is 4.63. The molecule has 1 atom stereocenters. The molecule has 0 radical (unpaired) electrons. The Hall–Kier alpha value is -1.02. The molecule has 0 aliphatic carbocycles. The van der Waals surface area contributed by atoms with Crippen molar-refractivity contribution >= 4 is 5.69 Å². The van der Waals surface area contributed by atoms with Crippen LogP contribution in [0.5, 0.6) is 0 Å². The lowest BCUT2D eigenvalue weighted by Crippen LogP contribution is -2.24. The van der Waals surface area contributed by atoms with Gasteiger partial charge in [0, 0.05) is 32.4 Å². The van der Waals surface area contributed by atoms with Crippen molar-refractivity contribution in [3.8, 4) is 0 Å². The third-order valence-electron chi connectivity index (χ3n) is 2.72. The molecule has 0 spiro atoms. The van der Waals surface area contributed by atoms with E-state index in [9.17, 15) is 0 Å². The normalized spacial score (nSPS) is 12.5. The van der Waals surface area contributed by atoms with Crippen LogP contribution in [-0.4, -0.2) is 20.1 Å².